The molecule has 1 fully saturated rings. The van der Waals surface area contributed by atoms with Crippen LogP contribution >= 0.6 is 0 Å². The minimum absolute atomic E-state index is 0.0818. The Bertz CT molecular complexity index is 505. The number of nitrogen functional groups attached to an aromatic ring is 1. The molecule has 19 heavy (non-hydrogen) atoms. The maximum Gasteiger partial charge on any atom is 0.253 e. The monoisotopic (exact) mass is 261 g/mol. The number of nitrogens with zero attached hydrogens (tertiary/aromatic N) is 1. The fraction of sp³-hybridized carbons (Fsp3) is 0.429. The molecule has 1 saturated heterocycles. The summed E-state index contributed by atoms with van der Waals surface area (Å²) in [5, 5.41) is 0. The van der Waals surface area contributed by atoms with Crippen LogP contribution in [-0.2, 0) is 0 Å². The van der Waals surface area contributed by atoms with Crippen LogP contribution in [0.3, 0.4) is 0 Å². The molecule has 0 bridgehead atoms. The molecule has 1 aliphatic heterocycles. The average molecular weight is 261 g/mol. The number of hydrogen-bond acceptors (Lipinski definition) is 3. The van der Waals surface area contributed by atoms with E-state index in [9.17, 15) is 9.59 Å². The summed E-state index contributed by atoms with van der Waals surface area (Å²) in [7, 11) is 0. The van der Waals surface area contributed by atoms with Gasteiger partial charge in [-0.05, 0) is 37.0 Å². The van der Waals surface area contributed by atoms with E-state index in [0.29, 0.717) is 17.2 Å². The highest BCUT2D eigenvalue weighted by atomic mass is 16.2. The number of carbonyl (C=O) groups excluding carboxylic acids is 2. The van der Waals surface area contributed by atoms with Gasteiger partial charge in [0.25, 0.3) is 5.91 Å². The Kier molecular flexibility index (Phi) is 3.74. The fourth-order valence-corrected chi connectivity index (χ4v) is 2.31. The molecule has 1 aromatic carbocycles. The lowest BCUT2D eigenvalue weighted by molar-refractivity contribution is 0.0697. The normalized spacial score (nSPS) is 16.4. The predicted octanol–water partition coefficient (Wildman–Crippen LogP) is 1.24. The molecule has 0 aliphatic carbocycles. The molecule has 2 rings (SSSR count). The number of amides is 2. The highest BCUT2D eigenvalue weighted by Crippen LogP contribution is 2.20. The molecule has 1 aromatic rings. The zero-order valence-corrected chi connectivity index (χ0v) is 11.1. The van der Waals surface area contributed by atoms with Crippen molar-refractivity contribution in [3.8, 4) is 0 Å². The van der Waals surface area contributed by atoms with E-state index in [1.165, 1.54) is 12.1 Å². The zero-order chi connectivity index (χ0) is 14.0. The maximum absolute atomic E-state index is 12.4. The minimum atomic E-state index is -0.575. The quantitative estimate of drug-likeness (QED) is 0.785. The summed E-state index contributed by atoms with van der Waals surface area (Å²) < 4.78 is 0. The molecule has 0 saturated carbocycles. The van der Waals surface area contributed by atoms with Crippen LogP contribution in [0.1, 0.15) is 40.5 Å². The van der Waals surface area contributed by atoms with Crippen molar-refractivity contribution < 1.29 is 9.59 Å². The van der Waals surface area contributed by atoms with E-state index in [2.05, 4.69) is 6.92 Å². The lowest BCUT2D eigenvalue weighted by Gasteiger charge is -2.30. The van der Waals surface area contributed by atoms with Gasteiger partial charge in [-0.25, -0.2) is 0 Å². The molecular formula is C14H19N3O2. The van der Waals surface area contributed by atoms with Crippen LogP contribution in [0.25, 0.3) is 0 Å². The summed E-state index contributed by atoms with van der Waals surface area (Å²) in [4.78, 5) is 25.3. The first kappa shape index (κ1) is 13.4. The maximum atomic E-state index is 12.4. The molecule has 0 radical (unpaired) electrons. The Labute approximate surface area is 112 Å². The molecule has 102 valence electrons. The standard InChI is InChI=1S/C14H19N3O2/c1-9-2-4-17(5-3-9)14(19)11-6-10(13(16)18)7-12(15)8-11/h6-9H,2-5,15H2,1H3,(H2,16,18). The number of hydrogen-bond donors (Lipinski definition) is 2. The third-order valence-electron chi connectivity index (χ3n) is 3.56. The zero-order valence-electron chi connectivity index (χ0n) is 11.1. The second-order valence-corrected chi connectivity index (χ2v) is 5.18. The molecule has 2 amide bonds. The summed E-state index contributed by atoms with van der Waals surface area (Å²) in [6, 6.07) is 4.59. The van der Waals surface area contributed by atoms with Gasteiger partial charge < -0.3 is 16.4 Å². The predicted molar refractivity (Wildman–Crippen MR) is 73.7 cm³/mol. The number of nitrogens with two attached hydrogens (primary N) is 2. The molecular weight excluding hydrogens is 242 g/mol. The summed E-state index contributed by atoms with van der Waals surface area (Å²) in [6.07, 6.45) is 2.02. The van der Waals surface area contributed by atoms with Crippen molar-refractivity contribution in [2.24, 2.45) is 11.7 Å². The number of piperidine rings is 1. The van der Waals surface area contributed by atoms with Crippen LogP contribution in [-0.4, -0.2) is 29.8 Å². The number of anilines is 1. The van der Waals surface area contributed by atoms with Gasteiger partial charge in [-0.2, -0.15) is 0 Å². The van der Waals surface area contributed by atoms with Crippen LogP contribution in [0.5, 0.6) is 0 Å². The molecule has 1 heterocycles. The lowest BCUT2D eigenvalue weighted by atomic mass is 9.98. The third kappa shape index (κ3) is 3.05. The van der Waals surface area contributed by atoms with Crippen molar-refractivity contribution in [1.82, 2.24) is 4.90 Å². The smallest absolute Gasteiger partial charge is 0.253 e. The summed E-state index contributed by atoms with van der Waals surface area (Å²) in [6.45, 7) is 3.69. The van der Waals surface area contributed by atoms with E-state index in [1.807, 2.05) is 0 Å². The van der Waals surface area contributed by atoms with Crippen molar-refractivity contribution >= 4 is 17.5 Å². The summed E-state index contributed by atoms with van der Waals surface area (Å²) >= 11 is 0. The van der Waals surface area contributed by atoms with E-state index in [1.54, 1.807) is 11.0 Å². The van der Waals surface area contributed by atoms with Gasteiger partial charge in [-0.3, -0.25) is 9.59 Å². The van der Waals surface area contributed by atoms with Gasteiger partial charge in [0.15, 0.2) is 0 Å². The second kappa shape index (κ2) is 5.30. The second-order valence-electron chi connectivity index (χ2n) is 5.18. The molecule has 0 aromatic heterocycles. The number of primary amides is 1. The average Bonchev–Trinajstić information content (AvgIpc) is 2.38. The van der Waals surface area contributed by atoms with Gasteiger partial charge in [0.1, 0.15) is 0 Å². The van der Waals surface area contributed by atoms with Crippen LogP contribution in [0, 0.1) is 5.92 Å². The van der Waals surface area contributed by atoms with E-state index < -0.39 is 5.91 Å². The van der Waals surface area contributed by atoms with Crippen LogP contribution in [0.2, 0.25) is 0 Å². The Morgan fingerprint density at radius 1 is 1.16 bits per heavy atom. The molecule has 0 atom stereocenters. The van der Waals surface area contributed by atoms with Crippen molar-refractivity contribution in [1.29, 1.82) is 0 Å². The Balaban J connectivity index is 2.21. The van der Waals surface area contributed by atoms with Crippen molar-refractivity contribution in [3.63, 3.8) is 0 Å². The molecule has 1 aliphatic rings. The van der Waals surface area contributed by atoms with E-state index >= 15 is 0 Å². The van der Waals surface area contributed by atoms with Crippen LogP contribution < -0.4 is 11.5 Å². The number of benzene rings is 1. The number of carbonyl (C=O) groups is 2. The first-order valence-electron chi connectivity index (χ1n) is 6.47. The fourth-order valence-electron chi connectivity index (χ4n) is 2.31. The lowest BCUT2D eigenvalue weighted by Crippen LogP contribution is -2.38. The molecule has 0 unspecified atom stereocenters. The number of likely N-dealkylation sites (tertiary alicyclic amines) is 1. The topological polar surface area (TPSA) is 89.4 Å². The van der Waals surface area contributed by atoms with E-state index in [0.717, 1.165) is 25.9 Å². The van der Waals surface area contributed by atoms with E-state index in [-0.39, 0.29) is 11.5 Å². The summed E-state index contributed by atoms with van der Waals surface area (Å²) in [5.41, 5.74) is 12.0. The van der Waals surface area contributed by atoms with Gasteiger partial charge in [0.2, 0.25) is 5.91 Å². The third-order valence-corrected chi connectivity index (χ3v) is 3.56. The van der Waals surface area contributed by atoms with Crippen LogP contribution in [0.4, 0.5) is 5.69 Å². The Morgan fingerprint density at radius 3 is 2.32 bits per heavy atom. The minimum Gasteiger partial charge on any atom is -0.399 e. The van der Waals surface area contributed by atoms with Crippen molar-refractivity contribution in [3.05, 3.63) is 29.3 Å². The molecule has 0 spiro atoms. The Morgan fingerprint density at radius 2 is 1.74 bits per heavy atom. The SMILES string of the molecule is CC1CCN(C(=O)c2cc(N)cc(C(N)=O)c2)CC1. The first-order chi connectivity index (χ1) is 8.97. The summed E-state index contributed by atoms with van der Waals surface area (Å²) in [5.74, 6) is 0.00129. The Hall–Kier alpha value is -2.04. The molecule has 5 nitrogen and oxygen atoms in total. The van der Waals surface area contributed by atoms with Gasteiger partial charge in [-0.15, -0.1) is 0 Å². The van der Waals surface area contributed by atoms with Crippen molar-refractivity contribution in [2.45, 2.75) is 19.8 Å². The largest absolute Gasteiger partial charge is 0.399 e. The highest BCUT2D eigenvalue weighted by molar-refractivity contribution is 6.00. The van der Waals surface area contributed by atoms with Gasteiger partial charge in [0.05, 0.1) is 0 Å². The van der Waals surface area contributed by atoms with Crippen LogP contribution in [0.15, 0.2) is 18.2 Å². The molecule has 5 heteroatoms. The first-order valence-corrected chi connectivity index (χ1v) is 6.47. The van der Waals surface area contributed by atoms with Crippen molar-refractivity contribution in [2.75, 3.05) is 18.8 Å². The number of rotatable bonds is 2. The highest BCUT2D eigenvalue weighted by Gasteiger charge is 2.22. The van der Waals surface area contributed by atoms with Gasteiger partial charge in [-0.1, -0.05) is 6.92 Å². The molecule has 4 N–H and O–H groups in total. The van der Waals surface area contributed by atoms with Gasteiger partial charge >= 0.3 is 0 Å². The van der Waals surface area contributed by atoms with Gasteiger partial charge in [0, 0.05) is 29.9 Å². The van der Waals surface area contributed by atoms with E-state index in [4.69, 9.17) is 11.5 Å².